The summed E-state index contributed by atoms with van der Waals surface area (Å²) >= 11 is 0. The van der Waals surface area contributed by atoms with Gasteiger partial charge in [-0.3, -0.25) is 0 Å². The summed E-state index contributed by atoms with van der Waals surface area (Å²) in [5.74, 6) is 0. The van der Waals surface area contributed by atoms with E-state index in [0.717, 1.165) is 91.2 Å². The van der Waals surface area contributed by atoms with Gasteiger partial charge in [-0.2, -0.15) is 0 Å². The Morgan fingerprint density at radius 3 is 0.676 bits per heavy atom. The van der Waals surface area contributed by atoms with Crippen LogP contribution in [0.3, 0.4) is 0 Å². The van der Waals surface area contributed by atoms with Gasteiger partial charge in [-0.15, -0.1) is 0 Å². The fourth-order valence-corrected chi connectivity index (χ4v) is 7.75. The zero-order valence-electron chi connectivity index (χ0n) is 44.3. The summed E-state index contributed by atoms with van der Waals surface area (Å²) in [5, 5.41) is 56.0. The van der Waals surface area contributed by atoms with Crippen LogP contribution in [0.15, 0.2) is 146 Å². The van der Waals surface area contributed by atoms with Gasteiger partial charge in [0.05, 0.1) is 0 Å². The predicted molar refractivity (Wildman–Crippen MR) is 297 cm³/mol. The van der Waals surface area contributed by atoms with E-state index >= 15 is 0 Å². The molecule has 0 atom stereocenters. The van der Waals surface area contributed by atoms with Crippen LogP contribution in [0.2, 0.25) is 0 Å². The minimum Gasteiger partial charge on any atom is -0.758 e. The minimum atomic E-state index is -0.546. The third kappa shape index (κ3) is 16.8. The van der Waals surface area contributed by atoms with E-state index in [1.165, 1.54) is 25.7 Å². The van der Waals surface area contributed by atoms with Crippen molar-refractivity contribution in [3.8, 4) is 44.5 Å². The van der Waals surface area contributed by atoms with Gasteiger partial charge < -0.3 is 50.6 Å². The third-order valence-electron chi connectivity index (χ3n) is 11.6. The molecule has 0 bridgehead atoms. The number of anilines is 4. The third-order valence-corrected chi connectivity index (χ3v) is 11.6. The van der Waals surface area contributed by atoms with E-state index in [2.05, 4.69) is 0 Å². The van der Waals surface area contributed by atoms with Gasteiger partial charge in [0.15, 0.2) is 0 Å². The quantitative estimate of drug-likeness (QED) is 0.136. The Balaban J connectivity index is 0.000000253. The Labute approximate surface area is 459 Å². The summed E-state index contributed by atoms with van der Waals surface area (Å²) in [5.41, 5.74) is 7.61. The van der Waals surface area contributed by atoms with Crippen LogP contribution < -0.4 is 20.3 Å². The van der Waals surface area contributed by atoms with Crippen molar-refractivity contribution in [2.45, 2.75) is 131 Å². The van der Waals surface area contributed by atoms with Crippen LogP contribution in [-0.4, -0.2) is 48.6 Å². The van der Waals surface area contributed by atoms with Crippen molar-refractivity contribution in [2.75, 3.05) is 46.7 Å². The van der Waals surface area contributed by atoms with E-state index in [9.17, 15) is 20.8 Å². The Morgan fingerprint density at radius 1 is 0.310 bits per heavy atom. The SMILES string of the molecule is C1CCOC1.C1CCOC1.CC(C)(C)N([O-])c1ccccc1-c1cccc(-c2ccccc2N([O-])C(C)(C)C)c1.CC(C)(C)N([O-])c1ccccc1-c1cccc(-c2ccccc2N([O-])C(C)(C)C)c1.[Ce+4]. The fourth-order valence-electron chi connectivity index (χ4n) is 7.75. The molecule has 2 heterocycles. The monoisotopic (exact) mass is 1090 g/mol. The molecule has 376 valence electrons. The second-order valence-electron chi connectivity index (χ2n) is 21.7. The average molecular weight is 1090 g/mol. The van der Waals surface area contributed by atoms with Gasteiger partial charge in [0.2, 0.25) is 0 Å². The van der Waals surface area contributed by atoms with E-state index in [1.54, 1.807) is 0 Å². The summed E-state index contributed by atoms with van der Waals surface area (Å²) < 4.78 is 9.89. The number of benzene rings is 6. The van der Waals surface area contributed by atoms with Crippen molar-refractivity contribution in [1.82, 2.24) is 0 Å². The van der Waals surface area contributed by atoms with Crippen LogP contribution in [0.5, 0.6) is 0 Å². The molecule has 10 nitrogen and oxygen atoms in total. The van der Waals surface area contributed by atoms with Crippen molar-refractivity contribution in [3.63, 3.8) is 0 Å². The molecule has 0 spiro atoms. The van der Waals surface area contributed by atoms with Crippen molar-refractivity contribution in [1.29, 1.82) is 0 Å². The van der Waals surface area contributed by atoms with Crippen LogP contribution in [0.25, 0.3) is 44.5 Å². The van der Waals surface area contributed by atoms with Crippen molar-refractivity contribution in [2.24, 2.45) is 0 Å². The molecule has 6 aromatic carbocycles. The van der Waals surface area contributed by atoms with E-state index in [4.69, 9.17) is 9.47 Å². The molecule has 2 aliphatic rings. The van der Waals surface area contributed by atoms with Gasteiger partial charge in [0.1, 0.15) is 0 Å². The zero-order valence-corrected chi connectivity index (χ0v) is 47.4. The topological polar surface area (TPSA) is 124 Å². The summed E-state index contributed by atoms with van der Waals surface area (Å²) in [4.78, 5) is 0. The largest absolute Gasteiger partial charge is 4.00 e. The Kier molecular flexibility index (Phi) is 22.2. The van der Waals surface area contributed by atoms with Gasteiger partial charge >= 0.3 is 41.7 Å². The first kappa shape index (κ1) is 59.2. The van der Waals surface area contributed by atoms with E-state index < -0.39 is 22.2 Å². The summed E-state index contributed by atoms with van der Waals surface area (Å²) in [6.07, 6.45) is 5.11. The van der Waals surface area contributed by atoms with E-state index in [0.29, 0.717) is 22.7 Å². The molecule has 0 aliphatic carbocycles. The molecule has 0 radical (unpaired) electrons. The normalized spacial score (nSPS) is 13.5. The second kappa shape index (κ2) is 26.6. The molecule has 11 heteroatoms. The molecule has 2 fully saturated rings. The number of hydroxylamine groups is 4. The number of hydrogen-bond donors (Lipinski definition) is 0. The standard InChI is InChI=1S/2C26H30N2O2.2C4H8O.Ce/c2*1-25(2,3)27(29)23-16-9-7-14-21(23)19-12-11-13-20(18-19)22-15-8-10-17-24(22)28(30)26(4,5)6;2*1-2-4-5-3-1;/h2*7-18H,1-6H3;2*1-4H2;/q2*-2;;;+4. The van der Waals surface area contributed by atoms with E-state index in [-0.39, 0.29) is 41.7 Å². The first-order valence-electron chi connectivity index (χ1n) is 24.6. The first-order valence-corrected chi connectivity index (χ1v) is 24.6. The molecule has 0 unspecified atom stereocenters. The molecular weight excluding hydrogens is 1010 g/mol. The van der Waals surface area contributed by atoms with Gasteiger partial charge in [0.25, 0.3) is 0 Å². The first-order chi connectivity index (χ1) is 33.0. The Bertz CT molecular complexity index is 2200. The molecule has 0 aromatic heterocycles. The average Bonchev–Trinajstić information content (AvgIpc) is 4.14. The van der Waals surface area contributed by atoms with E-state index in [1.807, 2.05) is 229 Å². The maximum atomic E-state index is 12.9. The number of ether oxygens (including phenoxy) is 2. The van der Waals surface area contributed by atoms with Crippen LogP contribution in [-0.2, 0) is 9.47 Å². The molecule has 8 rings (SSSR count). The number of rotatable bonds is 8. The van der Waals surface area contributed by atoms with Crippen LogP contribution in [0, 0.1) is 62.6 Å². The molecule has 0 saturated carbocycles. The van der Waals surface area contributed by atoms with Crippen molar-refractivity contribution in [3.05, 3.63) is 166 Å². The smallest absolute Gasteiger partial charge is 0.758 e. The van der Waals surface area contributed by atoms with Crippen LogP contribution in [0.1, 0.15) is 109 Å². The summed E-state index contributed by atoms with van der Waals surface area (Å²) in [7, 11) is 0. The van der Waals surface area contributed by atoms with Gasteiger partial charge in [-0.05, 0) is 167 Å². The van der Waals surface area contributed by atoms with Crippen molar-refractivity contribution >= 4 is 22.7 Å². The fraction of sp³-hybridized carbons (Fsp3) is 0.400. The molecule has 2 aliphatic heterocycles. The summed E-state index contributed by atoms with van der Waals surface area (Å²) in [6, 6.07) is 46.6. The molecule has 0 N–H and O–H groups in total. The molecule has 2 saturated heterocycles. The molecular formula is C60H76CeN4O6. The predicted octanol–water partition coefficient (Wildman–Crippen LogP) is 16.0. The maximum absolute atomic E-state index is 12.9. The van der Waals surface area contributed by atoms with Crippen LogP contribution >= 0.6 is 0 Å². The number of nitrogens with zero attached hydrogens (tertiary/aromatic N) is 4. The van der Waals surface area contributed by atoms with Gasteiger partial charge in [-0.1, -0.05) is 109 Å². The number of para-hydroxylation sites is 4. The Hall–Kier alpha value is -4.34. The Morgan fingerprint density at radius 2 is 0.507 bits per heavy atom. The molecule has 71 heavy (non-hydrogen) atoms. The summed E-state index contributed by atoms with van der Waals surface area (Å²) in [6.45, 7) is 26.8. The minimum absolute atomic E-state index is 0. The second-order valence-corrected chi connectivity index (χ2v) is 21.7. The van der Waals surface area contributed by atoms with Crippen LogP contribution in [0.4, 0.5) is 22.7 Å². The van der Waals surface area contributed by atoms with Gasteiger partial charge in [0, 0.05) is 93.6 Å². The van der Waals surface area contributed by atoms with Gasteiger partial charge in [-0.25, -0.2) is 0 Å². The maximum Gasteiger partial charge on any atom is 4.00 e. The van der Waals surface area contributed by atoms with Crippen molar-refractivity contribution < 1.29 is 51.2 Å². The number of hydrogen-bond acceptors (Lipinski definition) is 10. The molecule has 0 amide bonds. The zero-order chi connectivity index (χ0) is 51.3. The molecule has 6 aromatic rings.